The lowest BCUT2D eigenvalue weighted by Gasteiger charge is -2.29. The van der Waals surface area contributed by atoms with Crippen LogP contribution in [0.3, 0.4) is 0 Å². The lowest BCUT2D eigenvalue weighted by Crippen LogP contribution is -2.38. The first-order valence-electron chi connectivity index (χ1n) is 6.17. The van der Waals surface area contributed by atoms with E-state index in [1.807, 2.05) is 13.8 Å². The van der Waals surface area contributed by atoms with Gasteiger partial charge in [0, 0.05) is 5.70 Å². The van der Waals surface area contributed by atoms with Crippen molar-refractivity contribution in [3.8, 4) is 0 Å². The molecule has 3 heteroatoms. The van der Waals surface area contributed by atoms with Crippen LogP contribution in [0.1, 0.15) is 34.1 Å². The van der Waals surface area contributed by atoms with Crippen molar-refractivity contribution in [2.75, 3.05) is 6.61 Å². The summed E-state index contributed by atoms with van der Waals surface area (Å²) in [6, 6.07) is -0.310. The van der Waals surface area contributed by atoms with Crippen LogP contribution >= 0.6 is 0 Å². The van der Waals surface area contributed by atoms with Gasteiger partial charge in [-0.3, -0.25) is 0 Å². The van der Waals surface area contributed by atoms with Crippen LogP contribution in [0.2, 0.25) is 0 Å². The van der Waals surface area contributed by atoms with E-state index in [9.17, 15) is 4.79 Å². The number of hydrogen-bond acceptors (Lipinski definition) is 3. The third-order valence-corrected chi connectivity index (χ3v) is 2.23. The number of ether oxygens (including phenoxy) is 1. The van der Waals surface area contributed by atoms with Gasteiger partial charge in [0.25, 0.3) is 0 Å². The largest absolute Gasteiger partial charge is 0.464 e. The van der Waals surface area contributed by atoms with Crippen molar-refractivity contribution in [2.24, 2.45) is 5.92 Å². The number of carbonyl (C=O) groups excluding carboxylic acids is 1. The van der Waals surface area contributed by atoms with Crippen molar-refractivity contribution >= 4 is 5.97 Å². The molecule has 3 nitrogen and oxygen atoms in total. The number of esters is 1. The highest BCUT2D eigenvalue weighted by Gasteiger charge is 2.26. The Hall–Kier alpha value is -1.51. The fourth-order valence-corrected chi connectivity index (χ4v) is 1.56. The molecule has 0 N–H and O–H groups in total. The van der Waals surface area contributed by atoms with Crippen molar-refractivity contribution in [3.05, 3.63) is 38.2 Å². The van der Waals surface area contributed by atoms with Crippen molar-refractivity contribution in [3.63, 3.8) is 0 Å². The number of hydrogen-bond donors (Lipinski definition) is 0. The van der Waals surface area contributed by atoms with Gasteiger partial charge < -0.3 is 9.64 Å². The molecule has 0 aromatic rings. The van der Waals surface area contributed by atoms with Crippen LogP contribution in [0.4, 0.5) is 0 Å². The van der Waals surface area contributed by atoms with Gasteiger partial charge in [-0.2, -0.15) is 0 Å². The number of allylic oxidation sites excluding steroid dienone is 1. The van der Waals surface area contributed by atoms with E-state index in [0.29, 0.717) is 12.5 Å². The zero-order valence-corrected chi connectivity index (χ0v) is 12.2. The molecule has 0 rings (SSSR count). The van der Waals surface area contributed by atoms with Crippen molar-refractivity contribution in [1.29, 1.82) is 0 Å². The Bertz CT molecular complexity index is 272. The molecule has 0 bridgehead atoms. The highest BCUT2D eigenvalue weighted by molar-refractivity contribution is 5.76. The highest BCUT2D eigenvalue weighted by atomic mass is 16.5. The van der Waals surface area contributed by atoms with Gasteiger partial charge in [0.2, 0.25) is 0 Å². The molecule has 0 aromatic carbocycles. The first kappa shape index (κ1) is 18.8. The quantitative estimate of drug-likeness (QED) is 0.511. The molecule has 0 fully saturated rings. The second-order valence-electron chi connectivity index (χ2n) is 4.22. The van der Waals surface area contributed by atoms with Crippen LogP contribution in [-0.4, -0.2) is 23.5 Å². The summed E-state index contributed by atoms with van der Waals surface area (Å²) < 4.78 is 5.07. The summed E-state index contributed by atoms with van der Waals surface area (Å²) in [6.45, 7) is 21.8. The summed E-state index contributed by atoms with van der Waals surface area (Å²) in [7, 11) is 0. The minimum absolute atomic E-state index is 0.209. The molecule has 1 atom stereocenters. The molecule has 0 radical (unpaired) electrons. The minimum Gasteiger partial charge on any atom is -0.464 e. The Morgan fingerprint density at radius 1 is 1.39 bits per heavy atom. The van der Waals surface area contributed by atoms with Gasteiger partial charge in [-0.25, -0.2) is 4.79 Å². The van der Waals surface area contributed by atoms with Crippen molar-refractivity contribution in [1.82, 2.24) is 4.90 Å². The zero-order valence-electron chi connectivity index (χ0n) is 12.2. The molecule has 0 aliphatic heterocycles. The van der Waals surface area contributed by atoms with E-state index in [4.69, 9.17) is 4.74 Å². The maximum Gasteiger partial charge on any atom is 0.329 e. The van der Waals surface area contributed by atoms with E-state index in [1.54, 1.807) is 11.1 Å². The lowest BCUT2D eigenvalue weighted by molar-refractivity contribution is -0.148. The zero-order chi connectivity index (χ0) is 14.7. The Balaban J connectivity index is 0. The SMILES string of the molecule is C=C.C=CN(C(=C)C)C(CC(C)C)C(=O)OCC. The van der Waals surface area contributed by atoms with E-state index in [-0.39, 0.29) is 12.0 Å². The molecule has 0 aliphatic rings. The summed E-state index contributed by atoms with van der Waals surface area (Å²) in [5, 5.41) is 0. The number of carbonyl (C=O) groups is 1. The lowest BCUT2D eigenvalue weighted by atomic mass is 10.0. The normalized spacial score (nSPS) is 10.9. The standard InChI is InChI=1S/C13H23NO2.C2H4/c1-7-14(11(5)6)12(9-10(3)4)13(15)16-8-2;1-2/h7,10,12H,1,5,8-9H2,2-4,6H3;1-2H2. The van der Waals surface area contributed by atoms with Gasteiger partial charge in [-0.1, -0.05) is 27.0 Å². The van der Waals surface area contributed by atoms with Crippen LogP contribution < -0.4 is 0 Å². The molecule has 0 heterocycles. The van der Waals surface area contributed by atoms with Crippen LogP contribution in [0.15, 0.2) is 38.2 Å². The highest BCUT2D eigenvalue weighted by Crippen LogP contribution is 2.17. The van der Waals surface area contributed by atoms with E-state index in [1.165, 1.54) is 0 Å². The average molecular weight is 253 g/mol. The number of nitrogens with zero attached hydrogens (tertiary/aromatic N) is 1. The first-order chi connectivity index (χ1) is 8.43. The maximum absolute atomic E-state index is 11.8. The molecule has 104 valence electrons. The van der Waals surface area contributed by atoms with Gasteiger partial charge in [0.15, 0.2) is 0 Å². The Labute approximate surface area is 112 Å². The van der Waals surface area contributed by atoms with Crippen molar-refractivity contribution in [2.45, 2.75) is 40.2 Å². The van der Waals surface area contributed by atoms with Gasteiger partial charge in [0.1, 0.15) is 6.04 Å². The Kier molecular flexibility index (Phi) is 11.1. The number of rotatable bonds is 7. The predicted molar refractivity (Wildman–Crippen MR) is 78.0 cm³/mol. The maximum atomic E-state index is 11.8. The van der Waals surface area contributed by atoms with Gasteiger partial charge in [0.05, 0.1) is 6.61 Å². The fraction of sp³-hybridized carbons (Fsp3) is 0.533. The Morgan fingerprint density at radius 3 is 2.17 bits per heavy atom. The third kappa shape index (κ3) is 6.94. The molecular weight excluding hydrogens is 226 g/mol. The smallest absolute Gasteiger partial charge is 0.329 e. The fourth-order valence-electron chi connectivity index (χ4n) is 1.56. The summed E-state index contributed by atoms with van der Waals surface area (Å²) in [5.41, 5.74) is 0.800. The third-order valence-electron chi connectivity index (χ3n) is 2.23. The summed E-state index contributed by atoms with van der Waals surface area (Å²) in [4.78, 5) is 13.6. The molecule has 0 aliphatic carbocycles. The summed E-state index contributed by atoms with van der Waals surface area (Å²) >= 11 is 0. The first-order valence-corrected chi connectivity index (χ1v) is 6.17. The molecular formula is C15H27NO2. The van der Waals surface area contributed by atoms with E-state index in [2.05, 4.69) is 40.2 Å². The molecule has 0 amide bonds. The molecule has 0 aromatic heterocycles. The van der Waals surface area contributed by atoms with Crippen molar-refractivity contribution < 1.29 is 9.53 Å². The summed E-state index contributed by atoms with van der Waals surface area (Å²) in [5.74, 6) is 0.204. The van der Waals surface area contributed by atoms with E-state index in [0.717, 1.165) is 12.1 Å². The van der Waals surface area contributed by atoms with Gasteiger partial charge >= 0.3 is 5.97 Å². The van der Waals surface area contributed by atoms with Crippen LogP contribution in [-0.2, 0) is 9.53 Å². The van der Waals surface area contributed by atoms with Crippen LogP contribution in [0.5, 0.6) is 0 Å². The molecule has 0 saturated heterocycles. The second-order valence-corrected chi connectivity index (χ2v) is 4.22. The Morgan fingerprint density at radius 2 is 1.89 bits per heavy atom. The van der Waals surface area contributed by atoms with E-state index < -0.39 is 0 Å². The van der Waals surface area contributed by atoms with Gasteiger partial charge in [-0.05, 0) is 32.4 Å². The molecule has 0 spiro atoms. The monoisotopic (exact) mass is 253 g/mol. The molecule has 18 heavy (non-hydrogen) atoms. The van der Waals surface area contributed by atoms with Crippen LogP contribution in [0.25, 0.3) is 0 Å². The predicted octanol–water partition coefficient (Wildman–Crippen LogP) is 3.75. The second kappa shape index (κ2) is 10.6. The summed E-state index contributed by atoms with van der Waals surface area (Å²) in [6.07, 6.45) is 2.37. The topological polar surface area (TPSA) is 29.5 Å². The minimum atomic E-state index is -0.310. The molecule has 0 saturated carbocycles. The van der Waals surface area contributed by atoms with Gasteiger partial charge in [-0.15, -0.1) is 13.2 Å². The van der Waals surface area contributed by atoms with E-state index >= 15 is 0 Å². The molecule has 1 unspecified atom stereocenters. The van der Waals surface area contributed by atoms with Crippen LogP contribution in [0, 0.1) is 5.92 Å². The average Bonchev–Trinajstić information content (AvgIpc) is 2.30.